The topological polar surface area (TPSA) is 58.9 Å². The number of hydrogen-bond acceptors (Lipinski definition) is 3. The molecule has 0 bridgehead atoms. The second kappa shape index (κ2) is 6.65. The van der Waals surface area contributed by atoms with Crippen LogP contribution in [0.25, 0.3) is 0 Å². The van der Waals surface area contributed by atoms with E-state index in [-0.39, 0.29) is 17.7 Å². The molecule has 2 atom stereocenters. The molecule has 0 saturated heterocycles. The van der Waals surface area contributed by atoms with Crippen LogP contribution >= 0.6 is 0 Å². The van der Waals surface area contributed by atoms with Gasteiger partial charge in [0, 0.05) is 12.0 Å². The van der Waals surface area contributed by atoms with E-state index >= 15 is 0 Å². The van der Waals surface area contributed by atoms with Crippen molar-refractivity contribution in [2.75, 3.05) is 0 Å². The smallest absolute Gasteiger partial charge is 0.353 e. The van der Waals surface area contributed by atoms with Crippen LogP contribution in [0, 0.1) is 18.3 Å². The molecule has 2 unspecified atom stereocenters. The lowest BCUT2D eigenvalue weighted by Crippen LogP contribution is -2.17. The molecule has 4 nitrogen and oxygen atoms in total. The standard InChI is InChI=1S/C14H17NO3/c1-4-6-7-11(5-2)10(3)8-12-9-13(14(16)17)15-18-12/h2,4,6-7,10,12H,8-9H2,1,3H3,(H,16,17)/b6-4-,11-7+. The van der Waals surface area contributed by atoms with Crippen molar-refractivity contribution >= 4 is 11.7 Å². The van der Waals surface area contributed by atoms with Gasteiger partial charge in [0.25, 0.3) is 0 Å². The summed E-state index contributed by atoms with van der Waals surface area (Å²) < 4.78 is 0. The molecule has 0 aromatic carbocycles. The van der Waals surface area contributed by atoms with Gasteiger partial charge in [-0.15, -0.1) is 6.42 Å². The van der Waals surface area contributed by atoms with Crippen LogP contribution in [0.5, 0.6) is 0 Å². The van der Waals surface area contributed by atoms with Crippen LogP contribution in [-0.2, 0) is 9.63 Å². The monoisotopic (exact) mass is 247 g/mol. The molecule has 0 spiro atoms. The van der Waals surface area contributed by atoms with Crippen molar-refractivity contribution < 1.29 is 14.7 Å². The minimum atomic E-state index is -1.02. The Bertz CT molecular complexity index is 440. The minimum Gasteiger partial charge on any atom is -0.477 e. The summed E-state index contributed by atoms with van der Waals surface area (Å²) >= 11 is 0. The summed E-state index contributed by atoms with van der Waals surface area (Å²) in [5, 5.41) is 12.3. The minimum absolute atomic E-state index is 0.0758. The molecule has 1 aliphatic heterocycles. The summed E-state index contributed by atoms with van der Waals surface area (Å²) in [4.78, 5) is 15.8. The molecule has 18 heavy (non-hydrogen) atoms. The molecule has 0 fully saturated rings. The molecule has 0 radical (unpaired) electrons. The van der Waals surface area contributed by atoms with Gasteiger partial charge in [-0.25, -0.2) is 4.79 Å². The van der Waals surface area contributed by atoms with E-state index in [1.165, 1.54) is 0 Å². The third kappa shape index (κ3) is 3.77. The molecule has 0 aromatic heterocycles. The Morgan fingerprint density at radius 1 is 1.78 bits per heavy atom. The fourth-order valence-corrected chi connectivity index (χ4v) is 1.76. The summed E-state index contributed by atoms with van der Waals surface area (Å²) in [6, 6.07) is 0. The molecular weight excluding hydrogens is 230 g/mol. The predicted octanol–water partition coefficient (Wildman–Crippen LogP) is 2.38. The Morgan fingerprint density at radius 3 is 3.00 bits per heavy atom. The van der Waals surface area contributed by atoms with E-state index in [1.54, 1.807) is 0 Å². The third-order valence-electron chi connectivity index (χ3n) is 2.76. The van der Waals surface area contributed by atoms with Crippen LogP contribution in [0.15, 0.2) is 29.0 Å². The zero-order valence-corrected chi connectivity index (χ0v) is 10.6. The lowest BCUT2D eigenvalue weighted by atomic mass is 9.93. The van der Waals surface area contributed by atoms with Gasteiger partial charge in [-0.2, -0.15) is 0 Å². The highest BCUT2D eigenvalue weighted by molar-refractivity contribution is 6.35. The molecular formula is C14H17NO3. The summed E-state index contributed by atoms with van der Waals surface area (Å²) in [6.45, 7) is 3.92. The number of nitrogens with zero attached hydrogens (tertiary/aromatic N) is 1. The van der Waals surface area contributed by atoms with E-state index in [9.17, 15) is 4.79 Å². The quantitative estimate of drug-likeness (QED) is 0.599. The van der Waals surface area contributed by atoms with Crippen LogP contribution in [-0.4, -0.2) is 22.9 Å². The van der Waals surface area contributed by atoms with Crippen LogP contribution < -0.4 is 0 Å². The van der Waals surface area contributed by atoms with Gasteiger partial charge < -0.3 is 9.94 Å². The molecule has 0 aliphatic carbocycles. The van der Waals surface area contributed by atoms with Gasteiger partial charge in [-0.1, -0.05) is 36.2 Å². The number of terminal acetylenes is 1. The number of carbonyl (C=O) groups is 1. The van der Waals surface area contributed by atoms with Crippen LogP contribution in [0.1, 0.15) is 26.7 Å². The average Bonchev–Trinajstić information content (AvgIpc) is 2.78. The van der Waals surface area contributed by atoms with E-state index in [0.29, 0.717) is 12.8 Å². The van der Waals surface area contributed by atoms with Crippen molar-refractivity contribution in [1.29, 1.82) is 0 Å². The van der Waals surface area contributed by atoms with Crippen LogP contribution in [0.4, 0.5) is 0 Å². The first-order chi connectivity index (χ1) is 8.58. The van der Waals surface area contributed by atoms with Gasteiger partial charge in [0.2, 0.25) is 0 Å². The molecule has 96 valence electrons. The average molecular weight is 247 g/mol. The Labute approximate surface area is 107 Å². The summed E-state index contributed by atoms with van der Waals surface area (Å²) in [5.74, 6) is 1.76. The lowest BCUT2D eigenvalue weighted by Gasteiger charge is -2.14. The van der Waals surface area contributed by atoms with E-state index in [2.05, 4.69) is 11.1 Å². The summed E-state index contributed by atoms with van der Waals surface area (Å²) in [6.07, 6.45) is 11.9. The fourth-order valence-electron chi connectivity index (χ4n) is 1.76. The van der Waals surface area contributed by atoms with Crippen molar-refractivity contribution in [3.63, 3.8) is 0 Å². The fraction of sp³-hybridized carbons (Fsp3) is 0.429. The Morgan fingerprint density at radius 2 is 2.50 bits per heavy atom. The van der Waals surface area contributed by atoms with Crippen LogP contribution in [0.3, 0.4) is 0 Å². The number of carboxylic acid groups (broad SMARTS) is 1. The Hall–Kier alpha value is -2.02. The highest BCUT2D eigenvalue weighted by atomic mass is 16.6. The predicted molar refractivity (Wildman–Crippen MR) is 70.1 cm³/mol. The molecule has 1 aliphatic rings. The van der Waals surface area contributed by atoms with Crippen molar-refractivity contribution in [2.24, 2.45) is 11.1 Å². The zero-order chi connectivity index (χ0) is 13.5. The molecule has 1 N–H and O–H groups in total. The zero-order valence-electron chi connectivity index (χ0n) is 10.6. The summed E-state index contributed by atoms with van der Waals surface area (Å²) in [5.41, 5.74) is 0.951. The van der Waals surface area contributed by atoms with E-state index in [0.717, 1.165) is 5.57 Å². The lowest BCUT2D eigenvalue weighted by molar-refractivity contribution is -0.129. The number of allylic oxidation sites excluding steroid dienone is 4. The second-order valence-electron chi connectivity index (χ2n) is 4.20. The van der Waals surface area contributed by atoms with Crippen LogP contribution in [0.2, 0.25) is 0 Å². The van der Waals surface area contributed by atoms with Gasteiger partial charge in [-0.3, -0.25) is 0 Å². The maximum Gasteiger partial charge on any atom is 0.353 e. The normalized spacial score (nSPS) is 21.3. The number of oxime groups is 1. The second-order valence-corrected chi connectivity index (χ2v) is 4.20. The largest absolute Gasteiger partial charge is 0.477 e. The van der Waals surface area contributed by atoms with E-state index < -0.39 is 5.97 Å². The first-order valence-electron chi connectivity index (χ1n) is 5.84. The van der Waals surface area contributed by atoms with Gasteiger partial charge in [0.05, 0.1) is 0 Å². The Balaban J connectivity index is 2.55. The van der Waals surface area contributed by atoms with E-state index in [4.69, 9.17) is 16.4 Å². The first-order valence-corrected chi connectivity index (χ1v) is 5.84. The van der Waals surface area contributed by atoms with Gasteiger partial charge in [-0.05, 0) is 19.3 Å². The van der Waals surface area contributed by atoms with Gasteiger partial charge >= 0.3 is 5.97 Å². The molecule has 1 rings (SSSR count). The number of carboxylic acids is 1. The molecule has 0 aromatic rings. The highest BCUT2D eigenvalue weighted by Crippen LogP contribution is 2.23. The maximum absolute atomic E-state index is 10.7. The Kier molecular flexibility index (Phi) is 5.19. The maximum atomic E-state index is 10.7. The van der Waals surface area contributed by atoms with Crippen molar-refractivity contribution in [3.05, 3.63) is 23.8 Å². The first kappa shape index (κ1) is 14.0. The molecule has 0 saturated carbocycles. The van der Waals surface area contributed by atoms with Crippen molar-refractivity contribution in [3.8, 4) is 12.3 Å². The van der Waals surface area contributed by atoms with Gasteiger partial charge in [0.15, 0.2) is 5.71 Å². The number of rotatable bonds is 5. The molecule has 0 amide bonds. The number of hydrogen-bond donors (Lipinski definition) is 1. The number of aliphatic carboxylic acids is 1. The van der Waals surface area contributed by atoms with E-state index in [1.807, 2.05) is 32.1 Å². The third-order valence-corrected chi connectivity index (χ3v) is 2.76. The van der Waals surface area contributed by atoms with Crippen molar-refractivity contribution in [1.82, 2.24) is 0 Å². The molecule has 4 heteroatoms. The van der Waals surface area contributed by atoms with Gasteiger partial charge in [0.1, 0.15) is 6.10 Å². The summed E-state index contributed by atoms with van der Waals surface area (Å²) in [7, 11) is 0. The highest BCUT2D eigenvalue weighted by Gasteiger charge is 2.27. The SMILES string of the molecule is C#C/C(=C\C=C/C)C(C)CC1CC(C(=O)O)=NO1. The molecule has 1 heterocycles. The van der Waals surface area contributed by atoms with Crippen molar-refractivity contribution in [2.45, 2.75) is 32.8 Å².